The van der Waals surface area contributed by atoms with Crippen molar-refractivity contribution in [3.8, 4) is 17.0 Å². The van der Waals surface area contributed by atoms with Crippen LogP contribution in [0.4, 0.5) is 11.4 Å². The molecule has 0 aliphatic carbocycles. The van der Waals surface area contributed by atoms with Crippen molar-refractivity contribution in [1.82, 2.24) is 4.68 Å². The molecule has 1 amide bonds. The lowest BCUT2D eigenvalue weighted by Crippen LogP contribution is -2.25. The van der Waals surface area contributed by atoms with E-state index in [1.54, 1.807) is 0 Å². The van der Waals surface area contributed by atoms with Crippen LogP contribution in [0.3, 0.4) is 0 Å². The van der Waals surface area contributed by atoms with Gasteiger partial charge < -0.3 is 15.0 Å². The minimum atomic E-state index is -0.163. The summed E-state index contributed by atoms with van der Waals surface area (Å²) in [5.74, 6) is 0.496. The Morgan fingerprint density at radius 3 is 2.78 bits per heavy atom. The van der Waals surface area contributed by atoms with Crippen molar-refractivity contribution >= 4 is 34.8 Å². The van der Waals surface area contributed by atoms with Gasteiger partial charge in [-0.15, -0.1) is 11.3 Å². The van der Waals surface area contributed by atoms with Crippen LogP contribution in [-0.4, -0.2) is 44.0 Å². The van der Waals surface area contributed by atoms with Gasteiger partial charge in [0.1, 0.15) is 5.75 Å². The van der Waals surface area contributed by atoms with Gasteiger partial charge in [-0.05, 0) is 42.8 Å². The lowest BCUT2D eigenvalue weighted by Gasteiger charge is -2.18. The Morgan fingerprint density at radius 1 is 1.28 bits per heavy atom. The maximum absolute atomic E-state index is 11.7. The summed E-state index contributed by atoms with van der Waals surface area (Å²) < 4.78 is 7.30. The van der Waals surface area contributed by atoms with E-state index in [-0.39, 0.29) is 12.5 Å². The molecule has 8 heteroatoms. The lowest BCUT2D eigenvalue weighted by atomic mass is 10.1. The number of thiazole rings is 1. The van der Waals surface area contributed by atoms with Crippen LogP contribution in [0.15, 0.2) is 70.1 Å². The third-order valence-electron chi connectivity index (χ3n) is 4.81. The zero-order chi connectivity index (χ0) is 22.7. The van der Waals surface area contributed by atoms with Crippen LogP contribution in [0.25, 0.3) is 11.3 Å². The molecule has 0 bridgehead atoms. The molecule has 164 valence electrons. The van der Waals surface area contributed by atoms with Gasteiger partial charge in [-0.1, -0.05) is 24.3 Å². The first-order valence-electron chi connectivity index (χ1n) is 10.1. The summed E-state index contributed by atoms with van der Waals surface area (Å²) >= 11 is 1.51. The van der Waals surface area contributed by atoms with Gasteiger partial charge in [0.2, 0.25) is 4.80 Å². The molecule has 2 heterocycles. The Morgan fingerprint density at radius 2 is 2.06 bits per heavy atom. The average Bonchev–Trinajstić information content (AvgIpc) is 3.18. The third kappa shape index (κ3) is 4.81. The number of aromatic nitrogens is 1. The summed E-state index contributed by atoms with van der Waals surface area (Å²) in [5.41, 5.74) is 5.52. The largest absolute Gasteiger partial charge is 0.482 e. The Kier molecular flexibility index (Phi) is 6.23. The highest BCUT2D eigenvalue weighted by molar-refractivity contribution is 7.07. The van der Waals surface area contributed by atoms with Crippen LogP contribution in [-0.2, 0) is 4.79 Å². The van der Waals surface area contributed by atoms with E-state index in [1.165, 1.54) is 11.3 Å². The second-order valence-electron chi connectivity index (χ2n) is 7.77. The van der Waals surface area contributed by atoms with Gasteiger partial charge in [0, 0.05) is 30.7 Å². The quantitative estimate of drug-likeness (QED) is 0.459. The van der Waals surface area contributed by atoms with Crippen molar-refractivity contribution in [2.75, 3.05) is 37.5 Å². The fraction of sp³-hybridized carbons (Fsp3) is 0.208. The molecule has 0 fully saturated rings. The van der Waals surface area contributed by atoms with Crippen molar-refractivity contribution in [3.05, 3.63) is 70.4 Å². The number of amides is 1. The minimum absolute atomic E-state index is 0.0334. The van der Waals surface area contributed by atoms with Crippen LogP contribution < -0.4 is 19.8 Å². The molecule has 0 spiro atoms. The standard InChI is InChI=1S/C24H25N5O2S/c1-16(2)12-25-24-29(26-13-17-5-8-19(9-6-17)28(3)4)21(15-32-24)18-7-10-22-20(11-18)27-23(30)14-31-22/h5-11,13,15H,1,12,14H2,2-4H3,(H,27,30). The minimum Gasteiger partial charge on any atom is -0.482 e. The highest BCUT2D eigenvalue weighted by Crippen LogP contribution is 2.32. The number of nitrogens with zero attached hydrogens (tertiary/aromatic N) is 4. The van der Waals surface area contributed by atoms with Crippen LogP contribution in [0.1, 0.15) is 12.5 Å². The van der Waals surface area contributed by atoms with Gasteiger partial charge in [0.25, 0.3) is 5.91 Å². The first-order valence-corrected chi connectivity index (χ1v) is 11.0. The fourth-order valence-electron chi connectivity index (χ4n) is 3.15. The number of anilines is 2. The third-order valence-corrected chi connectivity index (χ3v) is 5.66. The maximum atomic E-state index is 11.7. The van der Waals surface area contributed by atoms with Crippen LogP contribution in [0.5, 0.6) is 5.75 Å². The molecular weight excluding hydrogens is 422 g/mol. The van der Waals surface area contributed by atoms with Crippen molar-refractivity contribution in [2.45, 2.75) is 6.92 Å². The topological polar surface area (TPSA) is 71.2 Å². The summed E-state index contributed by atoms with van der Waals surface area (Å²) in [6.45, 7) is 6.45. The van der Waals surface area contributed by atoms with E-state index in [4.69, 9.17) is 9.84 Å². The zero-order valence-electron chi connectivity index (χ0n) is 18.3. The van der Waals surface area contributed by atoms with Crippen molar-refractivity contribution in [2.24, 2.45) is 10.1 Å². The zero-order valence-corrected chi connectivity index (χ0v) is 19.1. The SMILES string of the molecule is C=C(C)CN=c1scc(-c2ccc3c(c2)NC(=O)CO3)n1N=Cc1ccc(N(C)C)cc1. The van der Waals surface area contributed by atoms with Gasteiger partial charge in [0.05, 0.1) is 24.1 Å². The first kappa shape index (κ1) is 21.6. The number of carbonyl (C=O) groups excluding carboxylic acids is 1. The molecule has 1 N–H and O–H groups in total. The number of rotatable bonds is 6. The molecule has 1 aliphatic heterocycles. The van der Waals surface area contributed by atoms with Gasteiger partial charge in [-0.2, -0.15) is 5.10 Å². The second kappa shape index (κ2) is 9.23. The predicted octanol–water partition coefficient (Wildman–Crippen LogP) is 3.97. The molecule has 1 aliphatic rings. The van der Waals surface area contributed by atoms with Gasteiger partial charge in [-0.3, -0.25) is 9.79 Å². The number of hydrogen-bond acceptors (Lipinski definition) is 6. The summed E-state index contributed by atoms with van der Waals surface area (Å²) in [4.78, 5) is 19.2. The lowest BCUT2D eigenvalue weighted by molar-refractivity contribution is -0.118. The normalized spacial score (nSPS) is 13.6. The summed E-state index contributed by atoms with van der Waals surface area (Å²) in [6, 6.07) is 13.9. The van der Waals surface area contributed by atoms with Gasteiger partial charge >= 0.3 is 0 Å². The molecule has 3 aromatic rings. The Bertz CT molecular complexity index is 1250. The number of ether oxygens (including phenoxy) is 1. The van der Waals surface area contributed by atoms with Gasteiger partial charge in [-0.25, -0.2) is 4.68 Å². The molecule has 2 aromatic carbocycles. The van der Waals surface area contributed by atoms with E-state index in [0.29, 0.717) is 18.0 Å². The van der Waals surface area contributed by atoms with Gasteiger partial charge in [0.15, 0.2) is 6.61 Å². The summed E-state index contributed by atoms with van der Waals surface area (Å²) in [5, 5.41) is 9.61. The fourth-order valence-corrected chi connectivity index (χ4v) is 3.98. The summed E-state index contributed by atoms with van der Waals surface area (Å²) in [7, 11) is 4.02. The summed E-state index contributed by atoms with van der Waals surface area (Å²) in [6.07, 6.45) is 1.82. The smallest absolute Gasteiger partial charge is 0.262 e. The van der Waals surface area contributed by atoms with Crippen molar-refractivity contribution in [3.63, 3.8) is 0 Å². The second-order valence-corrected chi connectivity index (χ2v) is 8.60. The Hall–Kier alpha value is -3.65. The van der Waals surface area contributed by atoms with E-state index >= 15 is 0 Å². The highest BCUT2D eigenvalue weighted by atomic mass is 32.1. The van der Waals surface area contributed by atoms with E-state index in [9.17, 15) is 4.79 Å². The molecule has 32 heavy (non-hydrogen) atoms. The molecular formula is C24H25N5O2S. The first-order chi connectivity index (χ1) is 15.4. The molecule has 0 saturated heterocycles. The van der Waals surface area contributed by atoms with E-state index in [1.807, 2.05) is 67.6 Å². The predicted molar refractivity (Wildman–Crippen MR) is 131 cm³/mol. The van der Waals surface area contributed by atoms with Crippen LogP contribution in [0, 0.1) is 0 Å². The Balaban J connectivity index is 1.74. The number of nitrogens with one attached hydrogen (secondary N) is 1. The number of fused-ring (bicyclic) bond motifs is 1. The number of benzene rings is 2. The molecule has 0 atom stereocenters. The molecule has 4 rings (SSSR count). The highest BCUT2D eigenvalue weighted by Gasteiger charge is 2.17. The number of hydrogen-bond donors (Lipinski definition) is 1. The van der Waals surface area contributed by atoms with Crippen LogP contribution >= 0.6 is 11.3 Å². The molecule has 1 aromatic heterocycles. The maximum Gasteiger partial charge on any atom is 0.262 e. The van der Waals surface area contributed by atoms with Crippen LogP contribution in [0.2, 0.25) is 0 Å². The van der Waals surface area contributed by atoms with E-state index in [2.05, 4.69) is 33.9 Å². The van der Waals surface area contributed by atoms with E-state index in [0.717, 1.165) is 32.9 Å². The average molecular weight is 448 g/mol. The molecule has 0 saturated carbocycles. The monoisotopic (exact) mass is 447 g/mol. The number of carbonyl (C=O) groups is 1. The van der Waals surface area contributed by atoms with Crippen molar-refractivity contribution < 1.29 is 9.53 Å². The van der Waals surface area contributed by atoms with Crippen molar-refractivity contribution in [1.29, 1.82) is 0 Å². The molecule has 0 radical (unpaired) electrons. The molecule has 0 unspecified atom stereocenters. The van der Waals surface area contributed by atoms with E-state index < -0.39 is 0 Å². The molecule has 7 nitrogen and oxygen atoms in total. The Labute approximate surface area is 191 Å².